The average molecular weight is 506 g/mol. The molecule has 2 N–H and O–H groups in total. The number of carbonyl (C=O) groups is 2. The van der Waals surface area contributed by atoms with Gasteiger partial charge in [-0.25, -0.2) is 4.98 Å². The van der Waals surface area contributed by atoms with Crippen molar-refractivity contribution in [1.29, 1.82) is 0 Å². The first kappa shape index (κ1) is 24.2. The van der Waals surface area contributed by atoms with Gasteiger partial charge in [0.2, 0.25) is 17.7 Å². The second-order valence-electron chi connectivity index (χ2n) is 8.70. The van der Waals surface area contributed by atoms with Crippen LogP contribution in [-0.4, -0.2) is 72.5 Å². The Hall–Kier alpha value is -3.47. The Morgan fingerprint density at radius 2 is 1.92 bits per heavy atom. The van der Waals surface area contributed by atoms with Gasteiger partial charge in [-0.15, -0.1) is 0 Å². The summed E-state index contributed by atoms with van der Waals surface area (Å²) in [6, 6.07) is 14.9. The lowest BCUT2D eigenvalue weighted by Gasteiger charge is -2.42. The molecule has 3 heterocycles. The van der Waals surface area contributed by atoms with Gasteiger partial charge in [0.25, 0.3) is 0 Å². The van der Waals surface area contributed by atoms with Crippen LogP contribution in [0.5, 0.6) is 5.88 Å². The second kappa shape index (κ2) is 11.1. The molecular weight excluding hydrogens is 478 g/mol. The number of amides is 1. The molecule has 2 aliphatic rings. The van der Waals surface area contributed by atoms with Crippen molar-refractivity contribution in [2.24, 2.45) is 5.73 Å². The number of hydrogen-bond acceptors (Lipinski definition) is 9. The molecule has 0 bridgehead atoms. The van der Waals surface area contributed by atoms with Crippen LogP contribution in [0.4, 0.5) is 5.95 Å². The van der Waals surface area contributed by atoms with Gasteiger partial charge in [0.05, 0.1) is 30.3 Å². The molecule has 0 radical (unpaired) electrons. The molecule has 36 heavy (non-hydrogen) atoms. The molecule has 1 aromatic heterocycles. The summed E-state index contributed by atoms with van der Waals surface area (Å²) < 4.78 is 11.5. The summed E-state index contributed by atoms with van der Waals surface area (Å²) in [5, 5.41) is 0. The van der Waals surface area contributed by atoms with Crippen molar-refractivity contribution in [1.82, 2.24) is 14.9 Å². The van der Waals surface area contributed by atoms with Gasteiger partial charge in [-0.2, -0.15) is 4.98 Å². The number of aromatic nitrogens is 2. The number of ether oxygens (including phenoxy) is 2. The number of nitrogens with two attached hydrogens (primary N) is 1. The number of primary amides is 1. The van der Waals surface area contributed by atoms with Gasteiger partial charge in [0.1, 0.15) is 12.9 Å². The molecular formula is C26H27N5O4S. The first-order valence-corrected chi connectivity index (χ1v) is 12.6. The molecule has 9 nitrogen and oxygen atoms in total. The summed E-state index contributed by atoms with van der Waals surface area (Å²) in [6.45, 7) is 5.43. The Kier molecular flexibility index (Phi) is 7.45. The molecule has 0 unspecified atom stereocenters. The lowest BCUT2D eigenvalue weighted by molar-refractivity contribution is -0.0661. The van der Waals surface area contributed by atoms with Crippen LogP contribution in [-0.2, 0) is 11.3 Å². The molecule has 0 atom stereocenters. The van der Waals surface area contributed by atoms with Gasteiger partial charge in [-0.05, 0) is 35.9 Å². The van der Waals surface area contributed by atoms with Crippen molar-refractivity contribution in [2.45, 2.75) is 22.4 Å². The Morgan fingerprint density at radius 1 is 1.14 bits per heavy atom. The zero-order chi connectivity index (χ0) is 24.9. The number of piperazine rings is 1. The van der Waals surface area contributed by atoms with Crippen molar-refractivity contribution >= 4 is 29.9 Å². The molecule has 2 fully saturated rings. The minimum atomic E-state index is -0.467. The van der Waals surface area contributed by atoms with E-state index in [1.54, 1.807) is 30.5 Å². The highest BCUT2D eigenvalue weighted by atomic mass is 32.2. The zero-order valence-corrected chi connectivity index (χ0v) is 20.5. The number of anilines is 1. The highest BCUT2D eigenvalue weighted by Crippen LogP contribution is 2.35. The predicted octanol–water partition coefficient (Wildman–Crippen LogP) is 2.64. The monoisotopic (exact) mass is 505 g/mol. The largest absolute Gasteiger partial charge is 0.472 e. The molecule has 3 aromatic rings. The number of benzene rings is 2. The maximum Gasteiger partial charge on any atom is 0.248 e. The molecule has 2 aliphatic heterocycles. The lowest BCUT2D eigenvalue weighted by Crippen LogP contribution is -2.56. The van der Waals surface area contributed by atoms with Crippen molar-refractivity contribution in [3.63, 3.8) is 0 Å². The quantitative estimate of drug-likeness (QED) is 0.439. The van der Waals surface area contributed by atoms with Crippen molar-refractivity contribution in [2.75, 3.05) is 44.3 Å². The highest BCUT2D eigenvalue weighted by Gasteiger charge is 2.29. The Morgan fingerprint density at radius 3 is 2.58 bits per heavy atom. The first-order valence-electron chi connectivity index (χ1n) is 11.8. The van der Waals surface area contributed by atoms with Gasteiger partial charge in [0, 0.05) is 42.2 Å². The van der Waals surface area contributed by atoms with E-state index in [0.717, 1.165) is 61.0 Å². The van der Waals surface area contributed by atoms with Gasteiger partial charge in [0.15, 0.2) is 0 Å². The van der Waals surface area contributed by atoms with Crippen molar-refractivity contribution in [3.05, 3.63) is 71.4 Å². The standard InChI is InChI=1S/C26H27N5O4S/c27-24(33)20-4-6-22(7-5-20)36-23-13-28-26(31-10-8-30(9-11-31)21-16-34-17-21)29-25(23)35-15-19-3-1-2-18(12-19)14-32/h1-7,12-14,21H,8-11,15-17H2,(H2,27,33). The summed E-state index contributed by atoms with van der Waals surface area (Å²) in [4.78, 5) is 38.3. The van der Waals surface area contributed by atoms with E-state index in [1.165, 1.54) is 11.8 Å². The van der Waals surface area contributed by atoms with Crippen LogP contribution in [0.15, 0.2) is 64.5 Å². The molecule has 1 amide bonds. The van der Waals surface area contributed by atoms with Crippen LogP contribution >= 0.6 is 11.8 Å². The smallest absolute Gasteiger partial charge is 0.248 e. The average Bonchev–Trinajstić information content (AvgIpc) is 2.88. The summed E-state index contributed by atoms with van der Waals surface area (Å²) >= 11 is 1.45. The van der Waals surface area contributed by atoms with Crippen LogP contribution < -0.4 is 15.4 Å². The Bertz CT molecular complexity index is 1230. The van der Waals surface area contributed by atoms with E-state index in [4.69, 9.17) is 20.2 Å². The van der Waals surface area contributed by atoms with Crippen LogP contribution in [0, 0.1) is 0 Å². The van der Waals surface area contributed by atoms with E-state index in [0.29, 0.717) is 29.0 Å². The van der Waals surface area contributed by atoms with E-state index >= 15 is 0 Å². The summed E-state index contributed by atoms with van der Waals surface area (Å²) in [7, 11) is 0. The third kappa shape index (κ3) is 5.67. The molecule has 2 aromatic carbocycles. The van der Waals surface area contributed by atoms with Crippen LogP contribution in [0.25, 0.3) is 0 Å². The number of hydrogen-bond donors (Lipinski definition) is 1. The molecule has 0 aliphatic carbocycles. The SMILES string of the molecule is NC(=O)c1ccc(Sc2cnc(N3CCN(C4COC4)CC3)nc2OCc2cccc(C=O)c2)cc1. The van der Waals surface area contributed by atoms with E-state index in [-0.39, 0.29) is 6.61 Å². The van der Waals surface area contributed by atoms with Gasteiger partial charge >= 0.3 is 0 Å². The van der Waals surface area contributed by atoms with Gasteiger partial charge in [-0.1, -0.05) is 30.0 Å². The van der Waals surface area contributed by atoms with Gasteiger partial charge in [-0.3, -0.25) is 14.5 Å². The molecule has 0 saturated carbocycles. The normalized spacial score (nSPS) is 16.4. The minimum Gasteiger partial charge on any atom is -0.472 e. The van der Waals surface area contributed by atoms with E-state index < -0.39 is 5.91 Å². The molecule has 2 saturated heterocycles. The third-order valence-corrected chi connectivity index (χ3v) is 7.28. The Balaban J connectivity index is 1.35. The summed E-state index contributed by atoms with van der Waals surface area (Å²) in [6.07, 6.45) is 2.59. The summed E-state index contributed by atoms with van der Waals surface area (Å²) in [5.41, 5.74) is 7.28. The number of carbonyl (C=O) groups excluding carboxylic acids is 2. The predicted molar refractivity (Wildman–Crippen MR) is 136 cm³/mol. The second-order valence-corrected chi connectivity index (χ2v) is 9.81. The molecule has 186 valence electrons. The number of aldehydes is 1. The van der Waals surface area contributed by atoms with E-state index in [9.17, 15) is 9.59 Å². The highest BCUT2D eigenvalue weighted by molar-refractivity contribution is 7.99. The first-order chi connectivity index (χ1) is 17.6. The molecule has 10 heteroatoms. The van der Waals surface area contributed by atoms with Crippen LogP contribution in [0.2, 0.25) is 0 Å². The number of nitrogens with zero attached hydrogens (tertiary/aromatic N) is 4. The minimum absolute atomic E-state index is 0.266. The van der Waals surface area contributed by atoms with Gasteiger partial charge < -0.3 is 20.1 Å². The maximum atomic E-state index is 11.4. The third-order valence-electron chi connectivity index (χ3n) is 6.27. The maximum absolute atomic E-state index is 11.4. The van der Waals surface area contributed by atoms with Crippen LogP contribution in [0.3, 0.4) is 0 Å². The van der Waals surface area contributed by atoms with Crippen molar-refractivity contribution < 1.29 is 19.1 Å². The molecule has 0 spiro atoms. The summed E-state index contributed by atoms with van der Waals surface area (Å²) in [5.74, 6) is 0.630. The van der Waals surface area contributed by atoms with Crippen molar-refractivity contribution in [3.8, 4) is 5.88 Å². The topological polar surface area (TPSA) is 111 Å². The fraction of sp³-hybridized carbons (Fsp3) is 0.308. The van der Waals surface area contributed by atoms with E-state index in [2.05, 4.69) is 14.8 Å². The number of rotatable bonds is 9. The van der Waals surface area contributed by atoms with Crippen LogP contribution in [0.1, 0.15) is 26.3 Å². The zero-order valence-electron chi connectivity index (χ0n) is 19.7. The lowest BCUT2D eigenvalue weighted by atomic mass is 10.1. The molecule has 5 rings (SSSR count). The van der Waals surface area contributed by atoms with E-state index in [1.807, 2.05) is 24.3 Å². The Labute approximate surface area is 213 Å². The fourth-order valence-electron chi connectivity index (χ4n) is 4.12. The fourth-order valence-corrected chi connectivity index (χ4v) is 4.94.